The van der Waals surface area contributed by atoms with E-state index in [-0.39, 0.29) is 30.7 Å². The van der Waals surface area contributed by atoms with E-state index in [4.69, 9.17) is 4.74 Å². The minimum absolute atomic E-state index is 0.0386. The maximum absolute atomic E-state index is 12.9. The minimum atomic E-state index is -0.656. The van der Waals surface area contributed by atoms with Gasteiger partial charge >= 0.3 is 0 Å². The molecule has 0 radical (unpaired) electrons. The Morgan fingerprint density at radius 2 is 1.91 bits per heavy atom. The normalized spacial score (nSPS) is 19.4. The van der Waals surface area contributed by atoms with Gasteiger partial charge in [-0.05, 0) is 55.2 Å². The van der Waals surface area contributed by atoms with Crippen LogP contribution in [0.2, 0.25) is 0 Å². The van der Waals surface area contributed by atoms with Gasteiger partial charge in [-0.2, -0.15) is 0 Å². The molecule has 2 aromatic carbocycles. The summed E-state index contributed by atoms with van der Waals surface area (Å²) in [6.07, 6.45) is 1.19. The van der Waals surface area contributed by atoms with Gasteiger partial charge in [-0.1, -0.05) is 22.0 Å². The van der Waals surface area contributed by atoms with Crippen LogP contribution in [0.25, 0.3) is 0 Å². The molecule has 2 aromatic rings. The summed E-state index contributed by atoms with van der Waals surface area (Å²) in [6, 6.07) is 8.60. The van der Waals surface area contributed by atoms with Gasteiger partial charge in [-0.25, -0.2) is 0 Å². The Morgan fingerprint density at radius 1 is 1.09 bits per heavy atom. The molecule has 1 saturated heterocycles. The summed E-state index contributed by atoms with van der Waals surface area (Å²) < 4.78 is 7.01. The van der Waals surface area contributed by atoms with E-state index < -0.39 is 11.9 Å². The van der Waals surface area contributed by atoms with Gasteiger partial charge in [-0.15, -0.1) is 0 Å². The average molecular weight is 526 g/mol. The molecule has 0 spiro atoms. The topological polar surface area (TPSA) is 96.0 Å². The van der Waals surface area contributed by atoms with Gasteiger partial charge in [0.15, 0.2) is 0 Å². The van der Waals surface area contributed by atoms with Crippen LogP contribution in [0.15, 0.2) is 34.8 Å². The molecule has 1 atom stereocenters. The summed E-state index contributed by atoms with van der Waals surface area (Å²) in [5.74, 6) is -0.320. The van der Waals surface area contributed by atoms with Gasteiger partial charge in [-0.3, -0.25) is 24.5 Å². The second-order valence-electron chi connectivity index (χ2n) is 8.87. The summed E-state index contributed by atoms with van der Waals surface area (Å²) in [6.45, 7) is 3.79. The molecule has 3 aliphatic heterocycles. The molecule has 176 valence electrons. The number of aryl methyl sites for hydroxylation is 1. The Hall–Kier alpha value is -3.20. The molecular formula is C25H24BrN3O5. The van der Waals surface area contributed by atoms with Crippen molar-refractivity contribution in [3.05, 3.63) is 62.6 Å². The third-order valence-corrected chi connectivity index (χ3v) is 7.49. The summed E-state index contributed by atoms with van der Waals surface area (Å²) in [5.41, 5.74) is 4.09. The summed E-state index contributed by atoms with van der Waals surface area (Å²) >= 11 is 3.53. The molecule has 0 saturated carbocycles. The van der Waals surface area contributed by atoms with Crippen molar-refractivity contribution < 1.29 is 23.9 Å². The molecule has 0 bridgehead atoms. The van der Waals surface area contributed by atoms with Crippen molar-refractivity contribution in [3.63, 3.8) is 0 Å². The van der Waals surface area contributed by atoms with E-state index in [0.29, 0.717) is 43.9 Å². The average Bonchev–Trinajstić information content (AvgIpc) is 3.29. The number of hydrogen-bond donors (Lipinski definition) is 1. The van der Waals surface area contributed by atoms with Crippen molar-refractivity contribution in [1.29, 1.82) is 0 Å². The molecule has 4 amide bonds. The zero-order valence-corrected chi connectivity index (χ0v) is 20.3. The number of carbonyl (C=O) groups excluding carboxylic acids is 4. The van der Waals surface area contributed by atoms with Crippen molar-refractivity contribution >= 4 is 39.6 Å². The fourth-order valence-electron chi connectivity index (χ4n) is 4.81. The van der Waals surface area contributed by atoms with E-state index in [9.17, 15) is 19.2 Å². The summed E-state index contributed by atoms with van der Waals surface area (Å²) in [7, 11) is 0. The zero-order chi connectivity index (χ0) is 24.0. The van der Waals surface area contributed by atoms with Crippen LogP contribution in [-0.2, 0) is 22.7 Å². The summed E-state index contributed by atoms with van der Waals surface area (Å²) in [4.78, 5) is 52.7. The van der Waals surface area contributed by atoms with Gasteiger partial charge in [0.2, 0.25) is 11.8 Å². The van der Waals surface area contributed by atoms with Gasteiger partial charge in [0.05, 0.1) is 13.2 Å². The molecule has 3 aliphatic rings. The number of hydrogen-bond acceptors (Lipinski definition) is 5. The molecule has 0 aromatic heterocycles. The zero-order valence-electron chi connectivity index (χ0n) is 18.7. The monoisotopic (exact) mass is 525 g/mol. The molecule has 9 heteroatoms. The molecular weight excluding hydrogens is 502 g/mol. The number of rotatable bonds is 6. The fourth-order valence-corrected chi connectivity index (χ4v) is 5.20. The van der Waals surface area contributed by atoms with Crippen molar-refractivity contribution in [2.45, 2.75) is 45.3 Å². The molecule has 0 aliphatic carbocycles. The molecule has 34 heavy (non-hydrogen) atoms. The van der Waals surface area contributed by atoms with Crippen LogP contribution in [0, 0.1) is 6.92 Å². The van der Waals surface area contributed by atoms with Gasteiger partial charge < -0.3 is 14.5 Å². The first kappa shape index (κ1) is 22.6. The lowest BCUT2D eigenvalue weighted by atomic mass is 10.0. The van der Waals surface area contributed by atoms with Crippen LogP contribution in [0.1, 0.15) is 56.7 Å². The predicted molar refractivity (Wildman–Crippen MR) is 126 cm³/mol. The number of amides is 4. The highest BCUT2D eigenvalue weighted by atomic mass is 79.9. The quantitative estimate of drug-likeness (QED) is 0.462. The Morgan fingerprint density at radius 3 is 2.71 bits per heavy atom. The van der Waals surface area contributed by atoms with Gasteiger partial charge in [0, 0.05) is 40.7 Å². The van der Waals surface area contributed by atoms with Crippen molar-refractivity contribution in [2.24, 2.45) is 0 Å². The number of imide groups is 1. The Balaban J connectivity index is 1.19. The number of carbonyl (C=O) groups is 4. The van der Waals surface area contributed by atoms with E-state index in [2.05, 4.69) is 21.2 Å². The maximum atomic E-state index is 12.9. The van der Waals surface area contributed by atoms with Gasteiger partial charge in [0.25, 0.3) is 11.8 Å². The number of benzene rings is 2. The second-order valence-corrected chi connectivity index (χ2v) is 9.72. The number of halogens is 1. The number of nitrogens with one attached hydrogen (secondary N) is 1. The fraction of sp³-hybridized carbons (Fsp3) is 0.360. The lowest BCUT2D eigenvalue weighted by Gasteiger charge is -2.29. The number of fused-ring (bicyclic) bond motifs is 2. The van der Waals surface area contributed by atoms with Crippen molar-refractivity contribution in [3.8, 4) is 5.75 Å². The number of piperidine rings is 1. The first-order chi connectivity index (χ1) is 16.3. The first-order valence-electron chi connectivity index (χ1n) is 11.3. The molecule has 3 heterocycles. The maximum Gasteiger partial charge on any atom is 0.255 e. The molecule has 1 N–H and O–H groups in total. The van der Waals surface area contributed by atoms with E-state index in [1.807, 2.05) is 30.0 Å². The highest BCUT2D eigenvalue weighted by Crippen LogP contribution is 2.34. The SMILES string of the molecule is Cc1cc2c(cc1Br)CN(CCCOc1cccc3c1CN(C1CCC(=O)NC1=O)C3=O)C2=O. The smallest absolute Gasteiger partial charge is 0.255 e. The van der Waals surface area contributed by atoms with Crippen LogP contribution < -0.4 is 10.1 Å². The lowest BCUT2D eigenvalue weighted by molar-refractivity contribution is -0.136. The minimum Gasteiger partial charge on any atom is -0.493 e. The van der Waals surface area contributed by atoms with Crippen LogP contribution in [0.4, 0.5) is 0 Å². The van der Waals surface area contributed by atoms with Crippen LogP contribution in [0.3, 0.4) is 0 Å². The van der Waals surface area contributed by atoms with Crippen molar-refractivity contribution in [1.82, 2.24) is 15.1 Å². The molecule has 8 nitrogen and oxygen atoms in total. The Kier molecular flexibility index (Phi) is 5.89. The molecule has 1 unspecified atom stereocenters. The van der Waals surface area contributed by atoms with Crippen LogP contribution in [-0.4, -0.2) is 52.6 Å². The standard InChI is InChI=1S/C25H24BrN3O5/c1-14-10-17-15(11-19(14)26)12-28(24(17)32)8-3-9-34-21-5-2-4-16-18(21)13-29(25(16)33)20-6-7-22(30)27-23(20)31/h2,4-5,10-11,20H,3,6-9,12-13H2,1H3,(H,27,30,31). The van der Waals surface area contributed by atoms with E-state index in [1.165, 1.54) is 4.90 Å². The third kappa shape index (κ3) is 3.98. The van der Waals surface area contributed by atoms with E-state index in [0.717, 1.165) is 26.7 Å². The van der Waals surface area contributed by atoms with Crippen LogP contribution in [0.5, 0.6) is 5.75 Å². The predicted octanol–water partition coefficient (Wildman–Crippen LogP) is 2.94. The van der Waals surface area contributed by atoms with Crippen LogP contribution >= 0.6 is 15.9 Å². The number of nitrogens with zero attached hydrogens (tertiary/aromatic N) is 2. The van der Waals surface area contributed by atoms with Gasteiger partial charge in [0.1, 0.15) is 11.8 Å². The Bertz CT molecular complexity index is 1230. The van der Waals surface area contributed by atoms with E-state index >= 15 is 0 Å². The number of ether oxygens (including phenoxy) is 1. The summed E-state index contributed by atoms with van der Waals surface area (Å²) in [5, 5.41) is 2.32. The largest absolute Gasteiger partial charge is 0.493 e. The second kappa shape index (κ2) is 8.87. The molecule has 1 fully saturated rings. The highest BCUT2D eigenvalue weighted by Gasteiger charge is 2.40. The van der Waals surface area contributed by atoms with Crippen molar-refractivity contribution in [2.75, 3.05) is 13.2 Å². The lowest BCUT2D eigenvalue weighted by Crippen LogP contribution is -2.52. The highest BCUT2D eigenvalue weighted by molar-refractivity contribution is 9.10. The first-order valence-corrected chi connectivity index (χ1v) is 12.1. The van der Waals surface area contributed by atoms with E-state index in [1.54, 1.807) is 12.1 Å². The molecule has 5 rings (SSSR count). The Labute approximate surface area is 205 Å². The third-order valence-electron chi connectivity index (χ3n) is 6.63.